The van der Waals surface area contributed by atoms with Gasteiger partial charge in [-0.1, -0.05) is 0 Å². The molecule has 0 atom stereocenters. The monoisotopic (exact) mass is 409 g/mol. The summed E-state index contributed by atoms with van der Waals surface area (Å²) in [6.45, 7) is 1.39. The maximum atomic E-state index is 12.9. The molecule has 11 heteroatoms. The van der Waals surface area contributed by atoms with E-state index in [4.69, 9.17) is 0 Å². The second kappa shape index (κ2) is 6.79. The number of hydrogen-bond acceptors (Lipinski definition) is 4. The number of nitrogens with zero attached hydrogens (tertiary/aromatic N) is 2. The Bertz CT molecular complexity index is 842. The summed E-state index contributed by atoms with van der Waals surface area (Å²) in [7, 11) is 1.90. The number of carbonyl (C=O) groups excluding carboxylic acids is 1. The summed E-state index contributed by atoms with van der Waals surface area (Å²) in [5.41, 5.74) is -3.04. The molecule has 0 radical (unpaired) electrons. The molecular formula is C16H13F6N3OS. The predicted molar refractivity (Wildman–Crippen MR) is 86.6 cm³/mol. The number of alkyl halides is 6. The average Bonchev–Trinajstić information content (AvgIpc) is 2.94. The number of fused-ring (bicyclic) bond motifs is 1. The van der Waals surface area contributed by atoms with Crippen LogP contribution in [0.2, 0.25) is 0 Å². The molecule has 0 fully saturated rings. The van der Waals surface area contributed by atoms with Crippen LogP contribution in [0.15, 0.2) is 18.2 Å². The summed E-state index contributed by atoms with van der Waals surface area (Å²) in [6, 6.07) is 0.770. The summed E-state index contributed by atoms with van der Waals surface area (Å²) in [5, 5.41) is 2.45. The van der Waals surface area contributed by atoms with Crippen LogP contribution < -0.4 is 5.32 Å². The lowest BCUT2D eigenvalue weighted by molar-refractivity contribution is -0.143. The quantitative estimate of drug-likeness (QED) is 0.747. The molecular weight excluding hydrogens is 396 g/mol. The van der Waals surface area contributed by atoms with Crippen LogP contribution in [0.4, 0.5) is 31.5 Å². The number of halogens is 6. The highest BCUT2D eigenvalue weighted by Crippen LogP contribution is 2.36. The largest absolute Gasteiger partial charge is 0.416 e. The molecule has 0 saturated carbocycles. The minimum Gasteiger partial charge on any atom is -0.301 e. The Kier molecular flexibility index (Phi) is 4.93. The fraction of sp³-hybridized carbons (Fsp3) is 0.375. The Morgan fingerprint density at radius 1 is 1.11 bits per heavy atom. The third-order valence-corrected chi connectivity index (χ3v) is 4.99. The molecule has 2 aromatic rings. The van der Waals surface area contributed by atoms with E-state index in [1.54, 1.807) is 0 Å². The first-order chi connectivity index (χ1) is 12.4. The maximum absolute atomic E-state index is 12.9. The fourth-order valence-electron chi connectivity index (χ4n) is 2.63. The summed E-state index contributed by atoms with van der Waals surface area (Å²) in [5.74, 6) is -1.08. The number of nitrogens with one attached hydrogen (secondary N) is 1. The Hall–Kier alpha value is -2.14. The Morgan fingerprint density at radius 3 is 2.26 bits per heavy atom. The Balaban J connectivity index is 1.90. The van der Waals surface area contributed by atoms with Gasteiger partial charge in [-0.05, 0) is 25.2 Å². The topological polar surface area (TPSA) is 45.2 Å². The van der Waals surface area contributed by atoms with Crippen molar-refractivity contribution < 1.29 is 31.1 Å². The van der Waals surface area contributed by atoms with Crippen LogP contribution >= 0.6 is 11.3 Å². The fourth-order valence-corrected chi connectivity index (χ4v) is 3.72. The first-order valence-corrected chi connectivity index (χ1v) is 8.53. The molecule has 2 heterocycles. The molecule has 1 aliphatic heterocycles. The van der Waals surface area contributed by atoms with Gasteiger partial charge in [-0.25, -0.2) is 4.98 Å². The van der Waals surface area contributed by atoms with Gasteiger partial charge < -0.3 is 4.90 Å². The van der Waals surface area contributed by atoms with Crippen molar-refractivity contribution in [1.82, 2.24) is 9.88 Å². The minimum absolute atomic E-state index is 0.0191. The van der Waals surface area contributed by atoms with E-state index in [1.165, 1.54) is 0 Å². The highest BCUT2D eigenvalue weighted by Gasteiger charge is 2.37. The van der Waals surface area contributed by atoms with Gasteiger partial charge in [0.1, 0.15) is 0 Å². The van der Waals surface area contributed by atoms with Crippen molar-refractivity contribution in [2.45, 2.75) is 25.3 Å². The molecule has 4 nitrogen and oxygen atoms in total. The van der Waals surface area contributed by atoms with Gasteiger partial charge in [0.05, 0.1) is 16.8 Å². The summed E-state index contributed by atoms with van der Waals surface area (Å²) >= 11 is 1.15. The predicted octanol–water partition coefficient (Wildman–Crippen LogP) is 4.42. The minimum atomic E-state index is -5.01. The third-order valence-electron chi connectivity index (χ3n) is 3.99. The average molecular weight is 409 g/mol. The van der Waals surface area contributed by atoms with Crippen LogP contribution in [0, 0.1) is 0 Å². The molecule has 1 aromatic heterocycles. The van der Waals surface area contributed by atoms with Gasteiger partial charge in [-0.15, -0.1) is 11.3 Å². The lowest BCUT2D eigenvalue weighted by Crippen LogP contribution is -2.25. The van der Waals surface area contributed by atoms with E-state index >= 15 is 0 Å². The van der Waals surface area contributed by atoms with Crippen molar-refractivity contribution in [3.05, 3.63) is 45.5 Å². The summed E-state index contributed by atoms with van der Waals surface area (Å²) < 4.78 is 77.4. The van der Waals surface area contributed by atoms with E-state index in [-0.39, 0.29) is 11.2 Å². The number of likely N-dealkylation sites (N-methyl/N-ethyl adjacent to an activating group) is 1. The lowest BCUT2D eigenvalue weighted by Gasteiger charge is -2.20. The number of amides is 1. The molecule has 0 saturated heterocycles. The molecule has 1 N–H and O–H groups in total. The van der Waals surface area contributed by atoms with Crippen LogP contribution in [0.1, 0.15) is 32.1 Å². The van der Waals surface area contributed by atoms with Gasteiger partial charge in [-0.2, -0.15) is 26.3 Å². The number of aromatic nitrogens is 1. The molecule has 0 bridgehead atoms. The number of benzene rings is 1. The van der Waals surface area contributed by atoms with Crippen LogP contribution in [0.5, 0.6) is 0 Å². The molecule has 0 spiro atoms. The summed E-state index contributed by atoms with van der Waals surface area (Å²) in [6.07, 6.45) is -9.37. The maximum Gasteiger partial charge on any atom is 0.416 e. The van der Waals surface area contributed by atoms with Crippen LogP contribution in [0.3, 0.4) is 0 Å². The van der Waals surface area contributed by atoms with Crippen molar-refractivity contribution in [2.75, 3.05) is 18.9 Å². The standard InChI is InChI=1S/C16H13F6N3OS/c1-25-3-2-11-12(7-25)27-14(23-11)24-13(26)8-4-9(15(17,18)19)6-10(5-8)16(20,21)22/h4-6H,2-3,7H2,1H3,(H,23,24,26). The van der Waals surface area contributed by atoms with Gasteiger partial charge in [0.25, 0.3) is 5.91 Å². The zero-order chi connectivity index (χ0) is 20.0. The van der Waals surface area contributed by atoms with E-state index in [0.29, 0.717) is 25.1 Å². The van der Waals surface area contributed by atoms with E-state index in [0.717, 1.165) is 28.5 Å². The second-order valence-electron chi connectivity index (χ2n) is 6.13. The number of thiazole rings is 1. The normalized spacial score (nSPS) is 15.5. The van der Waals surface area contributed by atoms with Crippen molar-refractivity contribution >= 4 is 22.4 Å². The van der Waals surface area contributed by atoms with Crippen molar-refractivity contribution in [3.63, 3.8) is 0 Å². The number of rotatable bonds is 2. The van der Waals surface area contributed by atoms with E-state index in [9.17, 15) is 31.1 Å². The zero-order valence-electron chi connectivity index (χ0n) is 13.8. The molecule has 0 aliphatic carbocycles. The van der Waals surface area contributed by atoms with Gasteiger partial charge in [0, 0.05) is 30.0 Å². The second-order valence-corrected chi connectivity index (χ2v) is 7.21. The van der Waals surface area contributed by atoms with Gasteiger partial charge in [-0.3, -0.25) is 10.1 Å². The molecule has 0 unspecified atom stereocenters. The molecule has 146 valence electrons. The smallest absolute Gasteiger partial charge is 0.301 e. The van der Waals surface area contributed by atoms with Gasteiger partial charge in [0.15, 0.2) is 5.13 Å². The highest BCUT2D eigenvalue weighted by molar-refractivity contribution is 7.15. The number of anilines is 1. The number of hydrogen-bond donors (Lipinski definition) is 1. The molecule has 1 aromatic carbocycles. The van der Waals surface area contributed by atoms with E-state index in [2.05, 4.69) is 10.3 Å². The van der Waals surface area contributed by atoms with Crippen molar-refractivity contribution in [1.29, 1.82) is 0 Å². The third kappa shape index (κ3) is 4.41. The van der Waals surface area contributed by atoms with Crippen LogP contribution in [-0.2, 0) is 25.3 Å². The number of carbonyl (C=O) groups is 1. The van der Waals surface area contributed by atoms with E-state index < -0.39 is 35.0 Å². The van der Waals surface area contributed by atoms with Gasteiger partial charge in [0.2, 0.25) is 0 Å². The molecule has 3 rings (SSSR count). The van der Waals surface area contributed by atoms with Crippen molar-refractivity contribution in [3.8, 4) is 0 Å². The summed E-state index contributed by atoms with van der Waals surface area (Å²) in [4.78, 5) is 19.4. The molecule has 1 amide bonds. The van der Waals surface area contributed by atoms with Crippen LogP contribution in [-0.4, -0.2) is 29.4 Å². The Morgan fingerprint density at radius 2 is 1.70 bits per heavy atom. The zero-order valence-corrected chi connectivity index (χ0v) is 14.6. The first kappa shape index (κ1) is 19.6. The first-order valence-electron chi connectivity index (χ1n) is 7.71. The SMILES string of the molecule is CN1CCc2nc(NC(=O)c3cc(C(F)(F)F)cc(C(F)(F)F)c3)sc2C1. The molecule has 1 aliphatic rings. The Labute approximate surface area is 153 Å². The van der Waals surface area contributed by atoms with E-state index in [1.807, 2.05) is 11.9 Å². The van der Waals surface area contributed by atoms with Crippen LogP contribution in [0.25, 0.3) is 0 Å². The van der Waals surface area contributed by atoms with Crippen molar-refractivity contribution in [2.24, 2.45) is 0 Å². The van der Waals surface area contributed by atoms with Gasteiger partial charge >= 0.3 is 12.4 Å². The lowest BCUT2D eigenvalue weighted by atomic mass is 10.0. The highest BCUT2D eigenvalue weighted by atomic mass is 32.1. The molecule has 27 heavy (non-hydrogen) atoms.